The van der Waals surface area contributed by atoms with E-state index in [1.807, 2.05) is 0 Å². The fraction of sp³-hybridized carbons (Fsp3) is 0.0909. The van der Waals surface area contributed by atoms with E-state index in [1.165, 1.54) is 38.6 Å². The standard InChI is InChI=1S/C22H14/c1-2-7-19-17(5-1)18-6-3-4-15-8-9-16-14-10-12-22(19,13-11-14)21(16)20(15)18/h1-12H,13H2. The van der Waals surface area contributed by atoms with Crippen molar-refractivity contribution in [1.82, 2.24) is 0 Å². The van der Waals surface area contributed by atoms with Gasteiger partial charge in [0.2, 0.25) is 0 Å². The van der Waals surface area contributed by atoms with Gasteiger partial charge in [0.1, 0.15) is 0 Å². The minimum atomic E-state index is 0.0432. The van der Waals surface area contributed by atoms with Crippen LogP contribution in [0.2, 0.25) is 0 Å². The van der Waals surface area contributed by atoms with Gasteiger partial charge in [0.05, 0.1) is 0 Å². The van der Waals surface area contributed by atoms with E-state index in [9.17, 15) is 0 Å². The number of allylic oxidation sites excluding steroid dienone is 4. The van der Waals surface area contributed by atoms with E-state index in [4.69, 9.17) is 0 Å². The Balaban J connectivity index is 1.97. The molecule has 0 N–H and O–H groups in total. The highest BCUT2D eigenvalue weighted by Gasteiger charge is 2.44. The first kappa shape index (κ1) is 11.0. The molecule has 102 valence electrons. The minimum Gasteiger partial charge on any atom is -0.0751 e. The Kier molecular flexibility index (Phi) is 1.71. The summed E-state index contributed by atoms with van der Waals surface area (Å²) in [6.07, 6.45) is 8.27. The van der Waals surface area contributed by atoms with Crippen LogP contribution in [0, 0.1) is 0 Å². The van der Waals surface area contributed by atoms with Crippen LogP contribution in [0.5, 0.6) is 0 Å². The highest BCUT2D eigenvalue weighted by molar-refractivity contribution is 6.08. The SMILES string of the molecule is C1=CC23CC=C1c1ccc4cccc(c4c12)-c1ccccc13. The average Bonchev–Trinajstić information content (AvgIpc) is 2.61. The Hall–Kier alpha value is -2.60. The van der Waals surface area contributed by atoms with Crippen molar-refractivity contribution in [2.24, 2.45) is 0 Å². The smallest absolute Gasteiger partial charge is 0.0438 e. The normalized spacial score (nSPS) is 22.6. The Morgan fingerprint density at radius 2 is 1.68 bits per heavy atom. The molecular formula is C22H14. The second kappa shape index (κ2) is 3.41. The largest absolute Gasteiger partial charge is 0.0751 e. The average molecular weight is 278 g/mol. The molecule has 0 fully saturated rings. The zero-order chi connectivity index (χ0) is 14.3. The van der Waals surface area contributed by atoms with Gasteiger partial charge in [-0.15, -0.1) is 0 Å². The predicted molar refractivity (Wildman–Crippen MR) is 91.9 cm³/mol. The van der Waals surface area contributed by atoms with Gasteiger partial charge in [-0.05, 0) is 50.6 Å². The van der Waals surface area contributed by atoms with Crippen LogP contribution in [0.25, 0.3) is 27.5 Å². The van der Waals surface area contributed by atoms with E-state index < -0.39 is 0 Å². The van der Waals surface area contributed by atoms with Crippen molar-refractivity contribution in [2.75, 3.05) is 0 Å². The fourth-order valence-electron chi connectivity index (χ4n) is 4.77. The highest BCUT2D eigenvalue weighted by atomic mass is 14.5. The molecule has 2 bridgehead atoms. The maximum absolute atomic E-state index is 2.44. The molecule has 1 unspecified atom stereocenters. The van der Waals surface area contributed by atoms with Crippen molar-refractivity contribution < 1.29 is 0 Å². The molecule has 22 heavy (non-hydrogen) atoms. The number of fused-ring (bicyclic) bond motifs is 3. The summed E-state index contributed by atoms with van der Waals surface area (Å²) in [5.41, 5.74) is 8.68. The number of hydrogen-bond donors (Lipinski definition) is 0. The van der Waals surface area contributed by atoms with E-state index in [0.717, 1.165) is 6.42 Å². The lowest BCUT2D eigenvalue weighted by Gasteiger charge is -2.44. The molecule has 0 heteroatoms. The molecule has 0 heterocycles. The maximum atomic E-state index is 2.44. The summed E-state index contributed by atoms with van der Waals surface area (Å²) in [5, 5.41) is 2.83. The van der Waals surface area contributed by atoms with Gasteiger partial charge < -0.3 is 0 Å². The molecule has 1 atom stereocenters. The maximum Gasteiger partial charge on any atom is 0.0438 e. The van der Waals surface area contributed by atoms with E-state index in [2.05, 4.69) is 72.8 Å². The monoisotopic (exact) mass is 278 g/mol. The summed E-state index contributed by atoms with van der Waals surface area (Å²) in [7, 11) is 0. The molecule has 1 spiro atoms. The molecule has 4 aliphatic rings. The molecule has 4 aliphatic carbocycles. The van der Waals surface area contributed by atoms with Crippen LogP contribution < -0.4 is 0 Å². The molecule has 3 aromatic carbocycles. The van der Waals surface area contributed by atoms with Gasteiger partial charge in [0, 0.05) is 5.41 Å². The van der Waals surface area contributed by atoms with Crippen molar-refractivity contribution in [2.45, 2.75) is 11.8 Å². The third-order valence-electron chi connectivity index (χ3n) is 5.69. The first-order chi connectivity index (χ1) is 10.9. The lowest BCUT2D eigenvalue weighted by Crippen LogP contribution is -2.34. The van der Waals surface area contributed by atoms with Crippen molar-refractivity contribution in [3.05, 3.63) is 89.5 Å². The Morgan fingerprint density at radius 3 is 2.59 bits per heavy atom. The van der Waals surface area contributed by atoms with Crippen LogP contribution in [-0.2, 0) is 5.41 Å². The summed E-state index contributed by atoms with van der Waals surface area (Å²) in [6.45, 7) is 0. The number of benzene rings is 3. The topological polar surface area (TPSA) is 0 Å². The first-order valence-corrected chi connectivity index (χ1v) is 7.94. The zero-order valence-corrected chi connectivity index (χ0v) is 12.1. The first-order valence-electron chi connectivity index (χ1n) is 7.94. The molecule has 0 aliphatic heterocycles. The fourth-order valence-corrected chi connectivity index (χ4v) is 4.77. The molecular weight excluding hydrogens is 264 g/mol. The molecule has 0 saturated heterocycles. The number of hydrogen-bond acceptors (Lipinski definition) is 0. The summed E-state index contributed by atoms with van der Waals surface area (Å²) in [5.74, 6) is 0. The second-order valence-corrected chi connectivity index (χ2v) is 6.61. The number of rotatable bonds is 0. The lowest BCUT2D eigenvalue weighted by atomic mass is 9.58. The van der Waals surface area contributed by atoms with Crippen molar-refractivity contribution >= 4 is 16.3 Å². The summed E-state index contributed by atoms with van der Waals surface area (Å²) < 4.78 is 0. The van der Waals surface area contributed by atoms with Crippen LogP contribution >= 0.6 is 0 Å². The molecule has 0 saturated carbocycles. The quantitative estimate of drug-likeness (QED) is 0.512. The predicted octanol–water partition coefficient (Wildman–Crippen LogP) is 5.46. The van der Waals surface area contributed by atoms with Crippen LogP contribution in [0.1, 0.15) is 23.1 Å². The van der Waals surface area contributed by atoms with E-state index >= 15 is 0 Å². The Morgan fingerprint density at radius 1 is 0.773 bits per heavy atom. The molecule has 0 radical (unpaired) electrons. The summed E-state index contributed by atoms with van der Waals surface area (Å²) in [4.78, 5) is 0. The zero-order valence-electron chi connectivity index (χ0n) is 12.1. The van der Waals surface area contributed by atoms with Crippen LogP contribution in [0.3, 0.4) is 0 Å². The summed E-state index contributed by atoms with van der Waals surface area (Å²) in [6, 6.07) is 20.3. The molecule has 0 nitrogen and oxygen atoms in total. The minimum absolute atomic E-state index is 0.0432. The Bertz CT molecular complexity index is 1050. The Labute approximate surface area is 129 Å². The van der Waals surface area contributed by atoms with E-state index in [0.29, 0.717) is 0 Å². The van der Waals surface area contributed by atoms with Gasteiger partial charge in [0.25, 0.3) is 0 Å². The summed E-state index contributed by atoms with van der Waals surface area (Å²) >= 11 is 0. The molecule has 0 amide bonds. The van der Waals surface area contributed by atoms with Crippen LogP contribution in [0.15, 0.2) is 72.8 Å². The van der Waals surface area contributed by atoms with Gasteiger partial charge in [0.15, 0.2) is 0 Å². The van der Waals surface area contributed by atoms with Crippen LogP contribution in [0.4, 0.5) is 0 Å². The lowest BCUT2D eigenvalue weighted by molar-refractivity contribution is 0.640. The highest BCUT2D eigenvalue weighted by Crippen LogP contribution is 2.57. The van der Waals surface area contributed by atoms with Crippen LogP contribution in [-0.4, -0.2) is 0 Å². The van der Waals surface area contributed by atoms with E-state index in [1.54, 1.807) is 5.56 Å². The van der Waals surface area contributed by atoms with Gasteiger partial charge in [-0.25, -0.2) is 0 Å². The van der Waals surface area contributed by atoms with Gasteiger partial charge in [-0.1, -0.05) is 72.8 Å². The van der Waals surface area contributed by atoms with Crippen molar-refractivity contribution in [3.8, 4) is 11.1 Å². The molecule has 3 aromatic rings. The molecule has 0 aromatic heterocycles. The van der Waals surface area contributed by atoms with Crippen molar-refractivity contribution in [3.63, 3.8) is 0 Å². The third kappa shape index (κ3) is 1.03. The molecule has 7 rings (SSSR count). The third-order valence-corrected chi connectivity index (χ3v) is 5.69. The van der Waals surface area contributed by atoms with Gasteiger partial charge in [-0.3, -0.25) is 0 Å². The van der Waals surface area contributed by atoms with Gasteiger partial charge >= 0.3 is 0 Å². The van der Waals surface area contributed by atoms with E-state index in [-0.39, 0.29) is 5.41 Å². The van der Waals surface area contributed by atoms with Crippen molar-refractivity contribution in [1.29, 1.82) is 0 Å². The van der Waals surface area contributed by atoms with Gasteiger partial charge in [-0.2, -0.15) is 0 Å². The second-order valence-electron chi connectivity index (χ2n) is 6.61.